The molecule has 0 amide bonds. The number of rotatable bonds is 6. The summed E-state index contributed by atoms with van der Waals surface area (Å²) < 4.78 is 0. The number of hydrogen-bond acceptors (Lipinski definition) is 2. The average molecular weight is 172 g/mol. The molecule has 0 rings (SSSR count). The average Bonchev–Trinajstić information content (AvgIpc) is 2.04. The summed E-state index contributed by atoms with van der Waals surface area (Å²) in [7, 11) is 2.03. The van der Waals surface area contributed by atoms with E-state index in [-0.39, 0.29) is 0 Å². The lowest BCUT2D eigenvalue weighted by molar-refractivity contribution is 0.318. The van der Waals surface area contributed by atoms with Crippen LogP contribution in [-0.4, -0.2) is 19.6 Å². The van der Waals surface area contributed by atoms with Gasteiger partial charge in [0.25, 0.3) is 0 Å². The molecule has 0 fully saturated rings. The van der Waals surface area contributed by atoms with E-state index in [1.807, 2.05) is 7.05 Å². The van der Waals surface area contributed by atoms with Crippen LogP contribution in [0.2, 0.25) is 0 Å². The van der Waals surface area contributed by atoms with Gasteiger partial charge in [-0.1, -0.05) is 27.2 Å². The highest BCUT2D eigenvalue weighted by molar-refractivity contribution is 4.75. The summed E-state index contributed by atoms with van der Waals surface area (Å²) in [6.07, 6.45) is 2.40. The van der Waals surface area contributed by atoms with Crippen molar-refractivity contribution in [2.75, 3.05) is 13.6 Å². The van der Waals surface area contributed by atoms with Crippen LogP contribution < -0.4 is 11.1 Å². The molecule has 0 aromatic heterocycles. The molecule has 2 nitrogen and oxygen atoms in total. The molecule has 0 saturated heterocycles. The molecule has 3 N–H and O–H groups in total. The fraction of sp³-hybridized carbons (Fsp3) is 1.00. The maximum Gasteiger partial charge on any atom is 0.0107 e. The Hall–Kier alpha value is -0.0800. The van der Waals surface area contributed by atoms with E-state index < -0.39 is 0 Å². The van der Waals surface area contributed by atoms with Gasteiger partial charge >= 0.3 is 0 Å². The van der Waals surface area contributed by atoms with Crippen molar-refractivity contribution in [3.8, 4) is 0 Å². The molecule has 74 valence electrons. The Morgan fingerprint density at radius 1 is 1.33 bits per heavy atom. The van der Waals surface area contributed by atoms with Crippen molar-refractivity contribution < 1.29 is 0 Å². The second-order valence-electron chi connectivity index (χ2n) is 3.93. The molecule has 0 aromatic carbocycles. The third kappa shape index (κ3) is 4.07. The fourth-order valence-electron chi connectivity index (χ4n) is 1.67. The van der Waals surface area contributed by atoms with Gasteiger partial charge in [0, 0.05) is 6.04 Å². The van der Waals surface area contributed by atoms with E-state index in [4.69, 9.17) is 5.73 Å². The van der Waals surface area contributed by atoms with Gasteiger partial charge < -0.3 is 11.1 Å². The molecular weight excluding hydrogens is 148 g/mol. The third-order valence-electron chi connectivity index (χ3n) is 2.49. The Bertz CT molecular complexity index is 98.0. The summed E-state index contributed by atoms with van der Waals surface area (Å²) in [5.74, 6) is 1.39. The lowest BCUT2D eigenvalue weighted by atomic mass is 9.90. The summed E-state index contributed by atoms with van der Waals surface area (Å²) in [6, 6.07) is 0.597. The normalized spacial score (nSPS) is 16.5. The van der Waals surface area contributed by atoms with Crippen LogP contribution in [0, 0.1) is 11.8 Å². The van der Waals surface area contributed by atoms with E-state index in [0.29, 0.717) is 12.0 Å². The zero-order valence-corrected chi connectivity index (χ0v) is 8.93. The minimum absolute atomic E-state index is 0.597. The Balaban J connectivity index is 3.92. The first-order valence-electron chi connectivity index (χ1n) is 5.03. The molecule has 12 heavy (non-hydrogen) atoms. The van der Waals surface area contributed by atoms with Gasteiger partial charge in [-0.05, 0) is 31.8 Å². The van der Waals surface area contributed by atoms with Crippen molar-refractivity contribution in [1.29, 1.82) is 0 Å². The lowest BCUT2D eigenvalue weighted by Gasteiger charge is -2.26. The highest BCUT2D eigenvalue weighted by atomic mass is 14.9. The Kier molecular flexibility index (Phi) is 6.39. The minimum Gasteiger partial charge on any atom is -0.330 e. The van der Waals surface area contributed by atoms with Gasteiger partial charge in [0.2, 0.25) is 0 Å². The fourth-order valence-corrected chi connectivity index (χ4v) is 1.67. The smallest absolute Gasteiger partial charge is 0.0107 e. The van der Waals surface area contributed by atoms with Crippen LogP contribution >= 0.6 is 0 Å². The summed E-state index contributed by atoms with van der Waals surface area (Å²) in [6.45, 7) is 7.53. The van der Waals surface area contributed by atoms with E-state index in [9.17, 15) is 0 Å². The molecular formula is C10H24N2. The van der Waals surface area contributed by atoms with E-state index in [1.165, 1.54) is 12.8 Å². The maximum atomic E-state index is 5.70. The zero-order chi connectivity index (χ0) is 9.56. The molecule has 0 aliphatic rings. The van der Waals surface area contributed by atoms with Crippen molar-refractivity contribution in [2.45, 2.75) is 39.7 Å². The second-order valence-corrected chi connectivity index (χ2v) is 3.93. The first-order chi connectivity index (χ1) is 5.65. The zero-order valence-electron chi connectivity index (χ0n) is 8.93. The Morgan fingerprint density at radius 2 is 1.92 bits per heavy atom. The second kappa shape index (κ2) is 6.44. The number of nitrogens with two attached hydrogens (primary N) is 1. The predicted octanol–water partition coefficient (Wildman–Crippen LogP) is 1.61. The molecule has 0 spiro atoms. The first kappa shape index (κ1) is 11.9. The van der Waals surface area contributed by atoms with E-state index in [0.717, 1.165) is 12.5 Å². The standard InChI is InChI=1S/C10H24N2/c1-5-9(7-11)10(12-4)6-8(2)3/h8-10,12H,5-7,11H2,1-4H3. The molecule has 0 aliphatic carbocycles. The quantitative estimate of drug-likeness (QED) is 0.639. The third-order valence-corrected chi connectivity index (χ3v) is 2.49. The topological polar surface area (TPSA) is 38.0 Å². The summed E-state index contributed by atoms with van der Waals surface area (Å²) in [4.78, 5) is 0. The van der Waals surface area contributed by atoms with Crippen molar-refractivity contribution in [1.82, 2.24) is 5.32 Å². The van der Waals surface area contributed by atoms with Crippen LogP contribution in [0.4, 0.5) is 0 Å². The molecule has 0 saturated carbocycles. The predicted molar refractivity (Wildman–Crippen MR) is 55.1 cm³/mol. The van der Waals surface area contributed by atoms with Crippen LogP contribution in [0.25, 0.3) is 0 Å². The van der Waals surface area contributed by atoms with Crippen LogP contribution in [0.5, 0.6) is 0 Å². The van der Waals surface area contributed by atoms with Gasteiger partial charge in [-0.3, -0.25) is 0 Å². The lowest BCUT2D eigenvalue weighted by Crippen LogP contribution is -2.38. The van der Waals surface area contributed by atoms with Gasteiger partial charge in [-0.25, -0.2) is 0 Å². The summed E-state index contributed by atoms with van der Waals surface area (Å²) >= 11 is 0. The van der Waals surface area contributed by atoms with Gasteiger partial charge in [-0.2, -0.15) is 0 Å². The first-order valence-corrected chi connectivity index (χ1v) is 5.03. The van der Waals surface area contributed by atoms with Crippen LogP contribution in [0.1, 0.15) is 33.6 Å². The van der Waals surface area contributed by atoms with Gasteiger partial charge in [-0.15, -0.1) is 0 Å². The molecule has 0 aromatic rings. The number of nitrogens with one attached hydrogen (secondary N) is 1. The minimum atomic E-state index is 0.597. The van der Waals surface area contributed by atoms with Crippen molar-refractivity contribution in [2.24, 2.45) is 17.6 Å². The molecule has 2 atom stereocenters. The molecule has 2 unspecified atom stereocenters. The monoisotopic (exact) mass is 172 g/mol. The maximum absolute atomic E-state index is 5.70. The van der Waals surface area contributed by atoms with Crippen molar-refractivity contribution in [3.63, 3.8) is 0 Å². The molecule has 0 bridgehead atoms. The van der Waals surface area contributed by atoms with E-state index >= 15 is 0 Å². The summed E-state index contributed by atoms with van der Waals surface area (Å²) in [5.41, 5.74) is 5.70. The highest BCUT2D eigenvalue weighted by Crippen LogP contribution is 2.14. The Morgan fingerprint density at radius 3 is 2.17 bits per heavy atom. The van der Waals surface area contributed by atoms with Gasteiger partial charge in [0.1, 0.15) is 0 Å². The largest absolute Gasteiger partial charge is 0.330 e. The molecule has 0 heterocycles. The van der Waals surface area contributed by atoms with E-state index in [1.54, 1.807) is 0 Å². The molecule has 2 heteroatoms. The highest BCUT2D eigenvalue weighted by Gasteiger charge is 2.17. The van der Waals surface area contributed by atoms with Crippen LogP contribution in [0.15, 0.2) is 0 Å². The molecule has 0 aliphatic heterocycles. The van der Waals surface area contributed by atoms with Crippen molar-refractivity contribution in [3.05, 3.63) is 0 Å². The SMILES string of the molecule is CCC(CN)C(CC(C)C)NC. The Labute approximate surface area is 76.9 Å². The number of hydrogen-bond donors (Lipinski definition) is 2. The van der Waals surface area contributed by atoms with Crippen LogP contribution in [0.3, 0.4) is 0 Å². The van der Waals surface area contributed by atoms with Gasteiger partial charge in [0.15, 0.2) is 0 Å². The van der Waals surface area contributed by atoms with Crippen LogP contribution in [-0.2, 0) is 0 Å². The summed E-state index contributed by atoms with van der Waals surface area (Å²) in [5, 5.41) is 3.36. The molecule has 0 radical (unpaired) electrons. The van der Waals surface area contributed by atoms with E-state index in [2.05, 4.69) is 26.1 Å². The van der Waals surface area contributed by atoms with Gasteiger partial charge in [0.05, 0.1) is 0 Å². The van der Waals surface area contributed by atoms with Crippen molar-refractivity contribution >= 4 is 0 Å².